The van der Waals surface area contributed by atoms with Gasteiger partial charge in [-0.15, -0.1) is 0 Å². The van der Waals surface area contributed by atoms with Crippen molar-refractivity contribution in [3.63, 3.8) is 0 Å². The lowest BCUT2D eigenvalue weighted by atomic mass is 10.1. The second-order valence-electron chi connectivity index (χ2n) is 3.06. The number of thiol groups is 1. The van der Waals surface area contributed by atoms with Crippen LogP contribution in [0.5, 0.6) is 0 Å². The SMILES string of the molecule is Cc1nc2c(c(=O)n1S)=CCCC=2. The van der Waals surface area contributed by atoms with Gasteiger partial charge in [0.15, 0.2) is 0 Å². The number of aryl methyl sites for hydroxylation is 1. The van der Waals surface area contributed by atoms with Crippen molar-refractivity contribution in [1.82, 2.24) is 8.96 Å². The van der Waals surface area contributed by atoms with E-state index in [-0.39, 0.29) is 5.56 Å². The van der Waals surface area contributed by atoms with E-state index in [1.807, 2.05) is 12.2 Å². The van der Waals surface area contributed by atoms with E-state index >= 15 is 0 Å². The number of hydrogen-bond donors (Lipinski definition) is 1. The number of rotatable bonds is 0. The summed E-state index contributed by atoms with van der Waals surface area (Å²) >= 11 is 4.05. The summed E-state index contributed by atoms with van der Waals surface area (Å²) in [5.74, 6) is 0.638. The van der Waals surface area contributed by atoms with Gasteiger partial charge in [0, 0.05) is 0 Å². The van der Waals surface area contributed by atoms with Crippen molar-refractivity contribution in [2.24, 2.45) is 0 Å². The van der Waals surface area contributed by atoms with Gasteiger partial charge in [-0.2, -0.15) is 0 Å². The van der Waals surface area contributed by atoms with Crippen molar-refractivity contribution in [2.75, 3.05) is 0 Å². The summed E-state index contributed by atoms with van der Waals surface area (Å²) in [4.78, 5) is 15.9. The molecule has 0 bridgehead atoms. The molecule has 1 aromatic rings. The zero-order valence-electron chi connectivity index (χ0n) is 7.32. The molecule has 0 spiro atoms. The Morgan fingerprint density at radius 3 is 2.92 bits per heavy atom. The quantitative estimate of drug-likeness (QED) is 0.570. The lowest BCUT2D eigenvalue weighted by molar-refractivity contribution is 0.915. The van der Waals surface area contributed by atoms with E-state index in [0.717, 1.165) is 18.2 Å². The molecule has 0 aromatic carbocycles. The van der Waals surface area contributed by atoms with Crippen LogP contribution in [0, 0.1) is 6.92 Å². The second kappa shape index (κ2) is 3.03. The molecule has 68 valence electrons. The van der Waals surface area contributed by atoms with Crippen LogP contribution in [-0.4, -0.2) is 8.96 Å². The van der Waals surface area contributed by atoms with Crippen LogP contribution in [0.1, 0.15) is 18.7 Å². The normalized spacial score (nSPS) is 14.3. The summed E-state index contributed by atoms with van der Waals surface area (Å²) < 4.78 is 1.29. The van der Waals surface area contributed by atoms with E-state index < -0.39 is 0 Å². The van der Waals surface area contributed by atoms with Crippen molar-refractivity contribution in [1.29, 1.82) is 0 Å². The third-order valence-corrected chi connectivity index (χ3v) is 2.61. The molecular weight excluding hydrogens is 184 g/mol. The third kappa shape index (κ3) is 1.31. The van der Waals surface area contributed by atoms with Gasteiger partial charge in [-0.1, -0.05) is 25.0 Å². The number of aromatic nitrogens is 2. The van der Waals surface area contributed by atoms with E-state index in [0.29, 0.717) is 11.0 Å². The molecule has 4 heteroatoms. The highest BCUT2D eigenvalue weighted by molar-refractivity contribution is 7.78. The van der Waals surface area contributed by atoms with Gasteiger partial charge in [-0.3, -0.25) is 4.79 Å². The first-order valence-electron chi connectivity index (χ1n) is 4.19. The Hall–Kier alpha value is -1.03. The topological polar surface area (TPSA) is 34.9 Å². The minimum atomic E-state index is -0.0678. The molecule has 1 aromatic heterocycles. The molecule has 0 unspecified atom stereocenters. The molecule has 1 aliphatic rings. The zero-order chi connectivity index (χ0) is 9.42. The van der Waals surface area contributed by atoms with Crippen LogP contribution in [-0.2, 0) is 0 Å². The summed E-state index contributed by atoms with van der Waals surface area (Å²) in [5.41, 5.74) is -0.0678. The van der Waals surface area contributed by atoms with E-state index in [2.05, 4.69) is 17.8 Å². The van der Waals surface area contributed by atoms with Gasteiger partial charge in [0.2, 0.25) is 0 Å². The van der Waals surface area contributed by atoms with Gasteiger partial charge in [-0.25, -0.2) is 8.96 Å². The molecule has 13 heavy (non-hydrogen) atoms. The fraction of sp³-hybridized carbons (Fsp3) is 0.333. The van der Waals surface area contributed by atoms with E-state index in [4.69, 9.17) is 0 Å². The fourth-order valence-electron chi connectivity index (χ4n) is 1.45. The van der Waals surface area contributed by atoms with Gasteiger partial charge < -0.3 is 0 Å². The highest BCUT2D eigenvalue weighted by Crippen LogP contribution is 1.93. The Morgan fingerprint density at radius 1 is 1.46 bits per heavy atom. The maximum atomic E-state index is 11.6. The number of hydrogen-bond acceptors (Lipinski definition) is 3. The maximum Gasteiger partial charge on any atom is 0.271 e. The molecule has 0 N–H and O–H groups in total. The molecule has 1 aliphatic carbocycles. The lowest BCUT2D eigenvalue weighted by Crippen LogP contribution is -2.46. The average Bonchev–Trinajstić information content (AvgIpc) is 2.15. The third-order valence-electron chi connectivity index (χ3n) is 2.14. The first-order chi connectivity index (χ1) is 6.20. The van der Waals surface area contributed by atoms with Gasteiger partial charge in [0.25, 0.3) is 5.56 Å². The average molecular weight is 194 g/mol. The van der Waals surface area contributed by atoms with E-state index in [9.17, 15) is 4.79 Å². The van der Waals surface area contributed by atoms with Gasteiger partial charge in [0.1, 0.15) is 5.82 Å². The van der Waals surface area contributed by atoms with Crippen LogP contribution >= 0.6 is 12.8 Å². The van der Waals surface area contributed by atoms with Crippen molar-refractivity contribution in [2.45, 2.75) is 19.8 Å². The van der Waals surface area contributed by atoms with Gasteiger partial charge >= 0.3 is 0 Å². The Labute approximate surface area is 81.0 Å². The zero-order valence-corrected chi connectivity index (χ0v) is 8.21. The molecule has 0 radical (unpaired) electrons. The predicted octanol–water partition coefficient (Wildman–Crippen LogP) is -0.401. The fourth-order valence-corrected chi connectivity index (χ4v) is 1.60. The van der Waals surface area contributed by atoms with Crippen LogP contribution in [0.15, 0.2) is 4.79 Å². The highest BCUT2D eigenvalue weighted by atomic mass is 32.1. The molecule has 0 fully saturated rings. The Balaban J connectivity index is 3.01. The van der Waals surface area contributed by atoms with Crippen molar-refractivity contribution < 1.29 is 0 Å². The molecule has 1 heterocycles. The predicted molar refractivity (Wildman–Crippen MR) is 55.0 cm³/mol. The van der Waals surface area contributed by atoms with Crippen LogP contribution in [0.2, 0.25) is 0 Å². The molecule has 2 rings (SSSR count). The van der Waals surface area contributed by atoms with Crippen molar-refractivity contribution >= 4 is 25.0 Å². The summed E-state index contributed by atoms with van der Waals surface area (Å²) in [6.07, 6.45) is 5.81. The monoisotopic (exact) mass is 194 g/mol. The van der Waals surface area contributed by atoms with E-state index in [1.165, 1.54) is 3.97 Å². The summed E-state index contributed by atoms with van der Waals surface area (Å²) in [5, 5.41) is 1.49. The Morgan fingerprint density at radius 2 is 2.15 bits per heavy atom. The molecule has 0 saturated heterocycles. The minimum absolute atomic E-state index is 0.0678. The van der Waals surface area contributed by atoms with Crippen molar-refractivity contribution in [3.8, 4) is 0 Å². The summed E-state index contributed by atoms with van der Waals surface area (Å²) in [7, 11) is 0. The number of fused-ring (bicyclic) bond motifs is 1. The van der Waals surface area contributed by atoms with Crippen molar-refractivity contribution in [3.05, 3.63) is 26.7 Å². The molecule has 0 atom stereocenters. The second-order valence-corrected chi connectivity index (χ2v) is 3.46. The van der Waals surface area contributed by atoms with Crippen LogP contribution in [0.3, 0.4) is 0 Å². The van der Waals surface area contributed by atoms with E-state index in [1.54, 1.807) is 6.92 Å². The molecule has 0 aliphatic heterocycles. The Bertz CT molecular complexity index is 516. The molecule has 3 nitrogen and oxygen atoms in total. The Kier molecular flexibility index (Phi) is 2.00. The highest BCUT2D eigenvalue weighted by Gasteiger charge is 2.03. The van der Waals surface area contributed by atoms with Crippen LogP contribution < -0.4 is 16.1 Å². The smallest absolute Gasteiger partial charge is 0.268 e. The maximum absolute atomic E-state index is 11.6. The minimum Gasteiger partial charge on any atom is -0.268 e. The first-order valence-corrected chi connectivity index (χ1v) is 4.59. The number of nitrogens with zero attached hydrogens (tertiary/aromatic N) is 2. The molecule has 0 saturated carbocycles. The molecule has 0 amide bonds. The molecular formula is C9H10N2OS. The van der Waals surface area contributed by atoms with Gasteiger partial charge in [0.05, 0.1) is 10.6 Å². The van der Waals surface area contributed by atoms with Crippen LogP contribution in [0.4, 0.5) is 0 Å². The van der Waals surface area contributed by atoms with Crippen LogP contribution in [0.25, 0.3) is 12.2 Å². The lowest BCUT2D eigenvalue weighted by Gasteiger charge is -2.03. The summed E-state index contributed by atoms with van der Waals surface area (Å²) in [6, 6.07) is 0. The standard InChI is InChI=1S/C9H10N2OS/c1-6-10-8-5-3-2-4-7(8)9(12)11(6)13/h4-5,13H,2-3H2,1H3. The summed E-state index contributed by atoms with van der Waals surface area (Å²) in [6.45, 7) is 1.77. The largest absolute Gasteiger partial charge is 0.271 e. The van der Waals surface area contributed by atoms with Gasteiger partial charge in [-0.05, 0) is 19.8 Å². The first kappa shape index (κ1) is 8.56.